The van der Waals surface area contributed by atoms with Gasteiger partial charge in [0.1, 0.15) is 0 Å². The third-order valence-electron chi connectivity index (χ3n) is 13.4. The van der Waals surface area contributed by atoms with E-state index in [-0.39, 0.29) is 41.6 Å². The molecule has 0 spiro atoms. The number of anilines is 4. The SMILES string of the molecule is CC(Cl)OC(=O)C(C)C.CC(OC(=O)C(C)C)OC(=O)C1CCN(CCCN2c3ccccc3Sc3ccc(S(C)(=O)=O)cc32)CC1.CS(=O)(=O)c1ccc2c(c1)N(CCCN1CCC(C(=O)O)CC1)c1ccccc1S2. The molecule has 4 aromatic carbocycles. The number of hydrogen-bond acceptors (Lipinski definition) is 17. The number of nitrogens with zero attached hydrogens (tertiary/aromatic N) is 4. The number of benzene rings is 4. The van der Waals surface area contributed by atoms with Crippen molar-refractivity contribution in [3.05, 3.63) is 84.9 Å². The van der Waals surface area contributed by atoms with Gasteiger partial charge in [0, 0.05) is 52.1 Å². The van der Waals surface area contributed by atoms with Crippen LogP contribution in [-0.2, 0) is 53.1 Å². The van der Waals surface area contributed by atoms with Gasteiger partial charge in [-0.1, -0.05) is 87.1 Å². The molecule has 0 bridgehead atoms. The van der Waals surface area contributed by atoms with Crippen LogP contribution in [0.2, 0.25) is 0 Å². The summed E-state index contributed by atoms with van der Waals surface area (Å²) in [5.74, 6) is -2.40. The van der Waals surface area contributed by atoms with Crippen LogP contribution in [-0.4, -0.2) is 132 Å². The quantitative estimate of drug-likeness (QED) is 0.0594. The van der Waals surface area contributed by atoms with Crippen LogP contribution in [0.15, 0.2) is 114 Å². The Balaban J connectivity index is 0.000000219. The second kappa shape index (κ2) is 27.9. The number of fused-ring (bicyclic) bond motifs is 4. The van der Waals surface area contributed by atoms with Gasteiger partial charge in [0.05, 0.1) is 56.2 Å². The van der Waals surface area contributed by atoms with E-state index in [4.69, 9.17) is 26.2 Å². The fourth-order valence-corrected chi connectivity index (χ4v) is 12.7. The minimum absolute atomic E-state index is 0.0915. The summed E-state index contributed by atoms with van der Waals surface area (Å²) in [6.07, 6.45) is 6.22. The molecule has 4 aliphatic rings. The summed E-state index contributed by atoms with van der Waals surface area (Å²) >= 11 is 8.70. The molecular formula is C56H73ClN4O12S4. The predicted octanol–water partition coefficient (Wildman–Crippen LogP) is 10.5. The van der Waals surface area contributed by atoms with Crippen molar-refractivity contribution in [3.8, 4) is 0 Å². The topological polar surface area (TPSA) is 197 Å². The Morgan fingerprint density at radius 2 is 0.948 bits per heavy atom. The molecule has 0 saturated carbocycles. The first kappa shape index (κ1) is 61.4. The maximum absolute atomic E-state index is 12.5. The highest BCUT2D eigenvalue weighted by molar-refractivity contribution is 8.00. The molecule has 1 N–H and O–H groups in total. The number of piperidine rings is 2. The van der Waals surface area contributed by atoms with Crippen LogP contribution in [0.3, 0.4) is 0 Å². The van der Waals surface area contributed by atoms with Gasteiger partial charge in [-0.05, 0) is 145 Å². The van der Waals surface area contributed by atoms with Crippen molar-refractivity contribution in [1.29, 1.82) is 0 Å². The van der Waals surface area contributed by atoms with Crippen LogP contribution < -0.4 is 9.80 Å². The van der Waals surface area contributed by atoms with Gasteiger partial charge in [-0.3, -0.25) is 19.2 Å². The first-order chi connectivity index (χ1) is 36.4. The average Bonchev–Trinajstić information content (AvgIpc) is 3.39. The van der Waals surface area contributed by atoms with Gasteiger partial charge in [-0.15, -0.1) is 0 Å². The lowest BCUT2D eigenvalue weighted by atomic mass is 9.97. The molecule has 4 heterocycles. The molecule has 2 unspecified atom stereocenters. The number of esters is 3. The second-order valence-electron chi connectivity index (χ2n) is 20.3. The number of alkyl halides is 1. The molecule has 8 rings (SSSR count). The summed E-state index contributed by atoms with van der Waals surface area (Å²) < 4.78 is 63.7. The molecule has 0 amide bonds. The zero-order valence-corrected chi connectivity index (χ0v) is 49.2. The normalized spacial score (nSPS) is 16.8. The molecule has 0 aromatic heterocycles. The molecular weight excluding hydrogens is 1080 g/mol. The Bertz CT molecular complexity index is 2930. The standard InChI is InChI=1S/C28H36N2O6S2.C22H26N2O4S2.C6H11ClO2/c1-19(2)27(31)35-20(3)36-28(32)21-12-16-29(17-13-21)14-7-15-30-23-8-5-6-9-25(23)37-26-11-10-22(18-24(26)30)38(4,33)34;1-30(27,28)17-7-8-21-19(15-17)24(18-5-2-3-6-20(18)29-21)12-4-11-23-13-9-16(10-14-23)22(25)26;1-4(2)6(8)9-5(3)7/h5-6,8-11,18-21H,7,12-17H2,1-4H3;2-3,5-8,15-16H,4,9-14H2,1H3,(H,25,26);4-5H,1-3H3. The van der Waals surface area contributed by atoms with Crippen LogP contribution in [0, 0.1) is 23.7 Å². The zero-order chi connectivity index (χ0) is 56.2. The lowest BCUT2D eigenvalue weighted by Gasteiger charge is -2.35. The third-order valence-corrected chi connectivity index (χ3v) is 18.0. The minimum Gasteiger partial charge on any atom is -0.481 e. The summed E-state index contributed by atoms with van der Waals surface area (Å²) in [6, 6.07) is 27.1. The van der Waals surface area contributed by atoms with Crippen molar-refractivity contribution in [1.82, 2.24) is 9.80 Å². The van der Waals surface area contributed by atoms with Crippen LogP contribution in [0.5, 0.6) is 0 Å². The molecule has 4 aliphatic heterocycles. The molecule has 2 atom stereocenters. The fraction of sp³-hybridized carbons (Fsp3) is 0.500. The van der Waals surface area contributed by atoms with E-state index in [1.165, 1.54) is 17.4 Å². The largest absolute Gasteiger partial charge is 0.481 e. The van der Waals surface area contributed by atoms with Gasteiger partial charge >= 0.3 is 23.9 Å². The lowest BCUT2D eigenvalue weighted by molar-refractivity contribution is -0.190. The molecule has 0 radical (unpaired) electrons. The summed E-state index contributed by atoms with van der Waals surface area (Å²) in [4.78, 5) is 60.2. The van der Waals surface area contributed by atoms with E-state index in [9.17, 15) is 36.0 Å². The Morgan fingerprint density at radius 3 is 1.32 bits per heavy atom. The summed E-state index contributed by atoms with van der Waals surface area (Å²) in [7, 11) is -6.59. The molecule has 2 fully saturated rings. The van der Waals surface area contributed by atoms with E-state index in [2.05, 4.69) is 48.6 Å². The number of hydrogen-bond donors (Lipinski definition) is 1. The van der Waals surface area contributed by atoms with Gasteiger partial charge in [-0.25, -0.2) is 16.8 Å². The minimum atomic E-state index is -3.31. The second-order valence-corrected chi connectivity index (χ2v) is 27.1. The first-order valence-corrected chi connectivity index (χ1v) is 31.9. The molecule has 4 aromatic rings. The van der Waals surface area contributed by atoms with E-state index >= 15 is 0 Å². The number of carboxylic acid groups (broad SMARTS) is 1. The summed E-state index contributed by atoms with van der Waals surface area (Å²) in [5, 5.41) is 9.17. The number of halogens is 1. The number of sulfone groups is 2. The van der Waals surface area contributed by atoms with Crippen molar-refractivity contribution in [3.63, 3.8) is 0 Å². The molecule has 2 saturated heterocycles. The van der Waals surface area contributed by atoms with E-state index in [0.29, 0.717) is 35.5 Å². The van der Waals surface area contributed by atoms with Crippen molar-refractivity contribution >= 4 is 101 Å². The smallest absolute Gasteiger partial charge is 0.312 e. The van der Waals surface area contributed by atoms with Crippen molar-refractivity contribution in [2.75, 3.05) is 74.7 Å². The molecule has 420 valence electrons. The van der Waals surface area contributed by atoms with Crippen LogP contribution in [0.4, 0.5) is 22.7 Å². The van der Waals surface area contributed by atoms with E-state index in [0.717, 1.165) is 103 Å². The van der Waals surface area contributed by atoms with Crippen molar-refractivity contribution in [2.24, 2.45) is 23.7 Å². The molecule has 0 aliphatic carbocycles. The highest BCUT2D eigenvalue weighted by Gasteiger charge is 2.31. The number of para-hydroxylation sites is 2. The van der Waals surface area contributed by atoms with Gasteiger partial charge in [0.2, 0.25) is 6.29 Å². The fourth-order valence-electron chi connectivity index (χ4n) is 9.14. The Labute approximate surface area is 468 Å². The highest BCUT2D eigenvalue weighted by Crippen LogP contribution is 2.50. The maximum Gasteiger partial charge on any atom is 0.312 e. The van der Waals surface area contributed by atoms with Gasteiger partial charge in [0.15, 0.2) is 25.2 Å². The van der Waals surface area contributed by atoms with Crippen molar-refractivity contribution in [2.45, 2.75) is 121 Å². The summed E-state index contributed by atoms with van der Waals surface area (Å²) in [5.41, 5.74) is 3.53. The number of aliphatic carboxylic acids is 1. The van der Waals surface area contributed by atoms with Crippen LogP contribution >= 0.6 is 35.1 Å². The van der Waals surface area contributed by atoms with E-state index in [1.807, 2.05) is 36.4 Å². The van der Waals surface area contributed by atoms with Gasteiger partial charge in [-0.2, -0.15) is 0 Å². The van der Waals surface area contributed by atoms with Crippen molar-refractivity contribution < 1.29 is 55.3 Å². The van der Waals surface area contributed by atoms with Gasteiger partial charge < -0.3 is 38.9 Å². The van der Waals surface area contributed by atoms with Crippen LogP contribution in [0.25, 0.3) is 0 Å². The Hall–Kier alpha value is -4.83. The maximum atomic E-state index is 12.5. The number of rotatable bonds is 17. The number of carboxylic acids is 1. The predicted molar refractivity (Wildman–Crippen MR) is 302 cm³/mol. The summed E-state index contributed by atoms with van der Waals surface area (Å²) in [6.45, 7) is 16.7. The van der Waals surface area contributed by atoms with Crippen LogP contribution in [0.1, 0.15) is 80.1 Å². The molecule has 21 heteroatoms. The zero-order valence-electron chi connectivity index (χ0n) is 45.2. The third kappa shape index (κ3) is 17.6. The highest BCUT2D eigenvalue weighted by atomic mass is 35.5. The van der Waals surface area contributed by atoms with Gasteiger partial charge in [0.25, 0.3) is 0 Å². The number of ether oxygens (including phenoxy) is 3. The van der Waals surface area contributed by atoms with E-state index < -0.39 is 37.5 Å². The first-order valence-electron chi connectivity index (χ1n) is 26.1. The average molecular weight is 1160 g/mol. The van der Waals surface area contributed by atoms with E-state index in [1.54, 1.807) is 89.3 Å². The number of carbonyl (C=O) groups is 4. The number of likely N-dealkylation sites (tertiary alicyclic amines) is 2. The Kier molecular flexibility index (Phi) is 22.2. The number of carbonyl (C=O) groups excluding carboxylic acids is 3. The molecule has 77 heavy (non-hydrogen) atoms. The monoisotopic (exact) mass is 1160 g/mol. The lowest BCUT2D eigenvalue weighted by Crippen LogP contribution is -2.39. The Morgan fingerprint density at radius 1 is 0.558 bits per heavy atom. The molecule has 16 nitrogen and oxygen atoms in total.